The molecule has 4 rings (SSSR count). The Hall–Kier alpha value is -2.86. The highest BCUT2D eigenvalue weighted by Crippen LogP contribution is 2.48. The van der Waals surface area contributed by atoms with E-state index in [9.17, 15) is 14.7 Å². The summed E-state index contributed by atoms with van der Waals surface area (Å²) in [5.74, 6) is -0.0820. The van der Waals surface area contributed by atoms with Crippen molar-refractivity contribution >= 4 is 17.6 Å². The van der Waals surface area contributed by atoms with Crippen molar-refractivity contribution in [1.82, 2.24) is 10.2 Å². The fourth-order valence-corrected chi connectivity index (χ4v) is 4.41. The first-order valence-electron chi connectivity index (χ1n) is 9.68. The number of amides is 3. The number of anilines is 1. The average molecular weight is 379 g/mol. The maximum absolute atomic E-state index is 13.1. The Morgan fingerprint density at radius 2 is 1.79 bits per heavy atom. The molecule has 0 radical (unpaired) electrons. The van der Waals surface area contributed by atoms with Crippen LogP contribution in [-0.4, -0.2) is 53.2 Å². The van der Waals surface area contributed by atoms with Crippen molar-refractivity contribution in [2.24, 2.45) is 0 Å². The first-order valence-corrected chi connectivity index (χ1v) is 9.68. The van der Waals surface area contributed by atoms with Crippen molar-refractivity contribution < 1.29 is 14.7 Å². The molecule has 3 atom stereocenters. The van der Waals surface area contributed by atoms with E-state index >= 15 is 0 Å². The number of benzene rings is 2. The van der Waals surface area contributed by atoms with Gasteiger partial charge in [0.2, 0.25) is 0 Å². The molecular weight excluding hydrogens is 354 g/mol. The lowest BCUT2D eigenvalue weighted by molar-refractivity contribution is -0.0242. The molecule has 0 aromatic heterocycles. The van der Waals surface area contributed by atoms with Crippen molar-refractivity contribution in [3.63, 3.8) is 0 Å². The van der Waals surface area contributed by atoms with Crippen LogP contribution >= 0.6 is 0 Å². The minimum atomic E-state index is -0.283. The van der Waals surface area contributed by atoms with Gasteiger partial charge in [0, 0.05) is 29.8 Å². The second-order valence-electron chi connectivity index (χ2n) is 7.70. The zero-order valence-corrected chi connectivity index (χ0v) is 16.1. The predicted octanol–water partition coefficient (Wildman–Crippen LogP) is 2.59. The molecule has 146 valence electrons. The molecule has 2 aliphatic rings. The van der Waals surface area contributed by atoms with E-state index < -0.39 is 0 Å². The summed E-state index contributed by atoms with van der Waals surface area (Å²) in [6.07, 6.45) is 0. The van der Waals surface area contributed by atoms with Crippen LogP contribution in [0, 0.1) is 0 Å². The topological polar surface area (TPSA) is 72.9 Å². The molecule has 2 aliphatic heterocycles. The number of hydrogen-bond donors (Lipinski definition) is 2. The largest absolute Gasteiger partial charge is 0.394 e. The van der Waals surface area contributed by atoms with Gasteiger partial charge in [0.05, 0.1) is 18.7 Å². The molecule has 0 bridgehead atoms. The van der Waals surface area contributed by atoms with Crippen molar-refractivity contribution in [2.75, 3.05) is 18.1 Å². The number of carbonyl (C=O) groups is 2. The smallest absolute Gasteiger partial charge is 0.322 e. The third-order valence-corrected chi connectivity index (χ3v) is 5.60. The van der Waals surface area contributed by atoms with Gasteiger partial charge in [-0.2, -0.15) is 0 Å². The van der Waals surface area contributed by atoms with Gasteiger partial charge in [-0.25, -0.2) is 4.79 Å². The summed E-state index contributed by atoms with van der Waals surface area (Å²) < 4.78 is 0. The van der Waals surface area contributed by atoms with E-state index in [0.29, 0.717) is 12.1 Å². The molecule has 3 amide bonds. The zero-order chi connectivity index (χ0) is 19.8. The van der Waals surface area contributed by atoms with Crippen LogP contribution in [0.15, 0.2) is 54.6 Å². The molecule has 6 nitrogen and oxygen atoms in total. The Labute approximate surface area is 164 Å². The summed E-state index contributed by atoms with van der Waals surface area (Å²) in [7, 11) is 0. The lowest BCUT2D eigenvalue weighted by atomic mass is 9.71. The van der Waals surface area contributed by atoms with Crippen molar-refractivity contribution in [1.29, 1.82) is 0 Å². The molecule has 2 aromatic rings. The molecule has 0 spiro atoms. The van der Waals surface area contributed by atoms with Crippen LogP contribution in [0.2, 0.25) is 0 Å². The second-order valence-corrected chi connectivity index (χ2v) is 7.70. The maximum Gasteiger partial charge on any atom is 0.322 e. The molecular formula is C22H25N3O3. The third-order valence-electron chi connectivity index (χ3n) is 5.60. The van der Waals surface area contributed by atoms with Crippen LogP contribution in [0.1, 0.15) is 35.7 Å². The van der Waals surface area contributed by atoms with Gasteiger partial charge in [-0.1, -0.05) is 36.4 Å². The van der Waals surface area contributed by atoms with E-state index in [4.69, 9.17) is 0 Å². The second kappa shape index (κ2) is 7.28. The third kappa shape index (κ3) is 2.94. The molecule has 6 heteroatoms. The SMILES string of the molecule is CC(C)NC(=O)N1C[C@@H]2[C@H](c3ccccc31)[C@@H](CO)N2C(=O)c1ccccc1. The number of rotatable bonds is 3. The summed E-state index contributed by atoms with van der Waals surface area (Å²) in [5.41, 5.74) is 2.46. The van der Waals surface area contributed by atoms with Gasteiger partial charge in [-0.15, -0.1) is 0 Å². The van der Waals surface area contributed by atoms with Crippen LogP contribution in [0.5, 0.6) is 0 Å². The van der Waals surface area contributed by atoms with Crippen LogP contribution in [0.25, 0.3) is 0 Å². The van der Waals surface area contributed by atoms with E-state index in [0.717, 1.165) is 11.3 Å². The van der Waals surface area contributed by atoms with E-state index in [2.05, 4.69) is 5.32 Å². The standard InChI is InChI=1S/C22H25N3O3/c1-14(2)23-22(28)24-12-18-20(16-10-6-7-11-17(16)24)19(13-26)25(18)21(27)15-8-4-3-5-9-15/h3-11,14,18-20,26H,12-13H2,1-2H3,(H,23,28)/t18-,19-,20+/m1/s1. The summed E-state index contributed by atoms with van der Waals surface area (Å²) >= 11 is 0. The number of para-hydroxylation sites is 1. The molecule has 1 fully saturated rings. The summed E-state index contributed by atoms with van der Waals surface area (Å²) in [5, 5.41) is 13.0. The van der Waals surface area contributed by atoms with E-state index in [1.54, 1.807) is 21.9 Å². The Kier molecular flexibility index (Phi) is 4.81. The fraction of sp³-hybridized carbons (Fsp3) is 0.364. The minimum absolute atomic E-state index is 0.0195. The van der Waals surface area contributed by atoms with Crippen molar-refractivity contribution in [2.45, 2.75) is 37.9 Å². The predicted molar refractivity (Wildman–Crippen MR) is 107 cm³/mol. The van der Waals surface area contributed by atoms with Gasteiger partial charge in [0.1, 0.15) is 0 Å². The molecule has 1 saturated heterocycles. The van der Waals surface area contributed by atoms with Gasteiger partial charge in [0.25, 0.3) is 5.91 Å². The minimum Gasteiger partial charge on any atom is -0.394 e. The zero-order valence-electron chi connectivity index (χ0n) is 16.1. The number of nitrogens with zero attached hydrogens (tertiary/aromatic N) is 2. The van der Waals surface area contributed by atoms with Crippen LogP contribution in [0.3, 0.4) is 0 Å². The summed E-state index contributed by atoms with van der Waals surface area (Å²) in [4.78, 5) is 29.4. The number of nitrogens with one attached hydrogen (secondary N) is 1. The van der Waals surface area contributed by atoms with Gasteiger partial charge in [0.15, 0.2) is 0 Å². The maximum atomic E-state index is 13.1. The fourth-order valence-electron chi connectivity index (χ4n) is 4.41. The quantitative estimate of drug-likeness (QED) is 0.861. The molecule has 28 heavy (non-hydrogen) atoms. The average Bonchev–Trinajstić information content (AvgIpc) is 2.68. The number of aliphatic hydroxyl groups is 1. The lowest BCUT2D eigenvalue weighted by Crippen LogP contribution is -2.71. The first kappa shape index (κ1) is 18.5. The molecule has 2 N–H and O–H groups in total. The van der Waals surface area contributed by atoms with Crippen LogP contribution < -0.4 is 10.2 Å². The number of fused-ring (bicyclic) bond motifs is 3. The highest BCUT2D eigenvalue weighted by molar-refractivity contribution is 5.98. The van der Waals surface area contributed by atoms with Crippen molar-refractivity contribution in [3.8, 4) is 0 Å². The number of hydrogen-bond acceptors (Lipinski definition) is 3. The number of likely N-dealkylation sites (tertiary alicyclic amines) is 1. The number of aliphatic hydroxyl groups excluding tert-OH is 1. The van der Waals surface area contributed by atoms with Gasteiger partial charge < -0.3 is 15.3 Å². The van der Waals surface area contributed by atoms with E-state index in [1.165, 1.54) is 0 Å². The molecule has 2 heterocycles. The number of urea groups is 1. The summed E-state index contributed by atoms with van der Waals surface area (Å²) in [6, 6.07) is 16.3. The monoisotopic (exact) mass is 379 g/mol. The van der Waals surface area contributed by atoms with Crippen LogP contribution in [0.4, 0.5) is 10.5 Å². The molecule has 0 saturated carbocycles. The van der Waals surface area contributed by atoms with E-state index in [1.807, 2.05) is 56.3 Å². The highest BCUT2D eigenvalue weighted by atomic mass is 16.3. The van der Waals surface area contributed by atoms with Gasteiger partial charge >= 0.3 is 6.03 Å². The Morgan fingerprint density at radius 1 is 1.11 bits per heavy atom. The first-order chi connectivity index (χ1) is 13.5. The Bertz CT molecular complexity index is 884. The summed E-state index contributed by atoms with van der Waals surface area (Å²) in [6.45, 7) is 4.15. The lowest BCUT2D eigenvalue weighted by Gasteiger charge is -2.58. The van der Waals surface area contributed by atoms with Crippen LogP contribution in [-0.2, 0) is 0 Å². The van der Waals surface area contributed by atoms with Gasteiger partial charge in [-0.05, 0) is 37.6 Å². The normalized spacial score (nSPS) is 22.9. The Balaban J connectivity index is 1.69. The molecule has 0 unspecified atom stereocenters. The molecule has 0 aliphatic carbocycles. The Morgan fingerprint density at radius 3 is 2.46 bits per heavy atom. The van der Waals surface area contributed by atoms with Crippen molar-refractivity contribution in [3.05, 3.63) is 65.7 Å². The highest BCUT2D eigenvalue weighted by Gasteiger charge is 2.55. The number of carbonyl (C=O) groups excluding carboxylic acids is 2. The molecule has 2 aromatic carbocycles. The van der Waals surface area contributed by atoms with Gasteiger partial charge in [-0.3, -0.25) is 9.69 Å². The van der Waals surface area contributed by atoms with E-state index in [-0.39, 0.29) is 42.6 Å².